The third kappa shape index (κ3) is 8.30. The minimum atomic E-state index is -3.65. The molecular weight excluding hydrogens is 643 g/mol. The number of carbonyl (C=O) groups excluding carboxylic acids is 2. The standard InChI is InChI=1S/C36H43N7O5S/c1-24-2-15-32(49(46,47)43-16-18-48-19-17-43)22-33(24)27-7-3-25(4-8-27)20-30(21-34(44)28-9-5-26(23-37)6-10-28)36(45)38-31-13-11-29(12-14-31)35-39-41-42-40-35/h2-4,7-8,11-15,22,26,28,30H,5-6,9-10,16-21,23,37H2,1H3,(H,38,45)(H,39,40,41,42)/t26?,28?,30-/m1/s1. The quantitative estimate of drug-likeness (QED) is 0.196. The summed E-state index contributed by atoms with van der Waals surface area (Å²) in [6.07, 6.45) is 4.01. The van der Waals surface area contributed by atoms with Crippen LogP contribution < -0.4 is 11.1 Å². The first kappa shape index (κ1) is 34.6. The Morgan fingerprint density at radius 1 is 0.980 bits per heavy atom. The number of nitrogens with two attached hydrogens (primary N) is 1. The van der Waals surface area contributed by atoms with Gasteiger partial charge in [0.25, 0.3) is 0 Å². The van der Waals surface area contributed by atoms with Crippen molar-refractivity contribution in [3.8, 4) is 22.5 Å². The Morgan fingerprint density at radius 2 is 1.67 bits per heavy atom. The molecule has 1 saturated heterocycles. The molecule has 6 rings (SSSR count). The van der Waals surface area contributed by atoms with E-state index in [1.54, 1.807) is 36.4 Å². The number of carbonyl (C=O) groups is 2. The van der Waals surface area contributed by atoms with Gasteiger partial charge in [-0.15, -0.1) is 10.2 Å². The second-order valence-electron chi connectivity index (χ2n) is 13.0. The number of morpholine rings is 1. The molecular formula is C36H43N7O5S. The Labute approximate surface area is 286 Å². The molecule has 0 unspecified atom stereocenters. The number of aromatic nitrogens is 4. The van der Waals surface area contributed by atoms with Crippen LogP contribution in [0.2, 0.25) is 0 Å². The van der Waals surface area contributed by atoms with Crippen LogP contribution in [0.15, 0.2) is 71.6 Å². The van der Waals surface area contributed by atoms with Crippen molar-refractivity contribution in [3.63, 3.8) is 0 Å². The van der Waals surface area contributed by atoms with E-state index in [-0.39, 0.29) is 28.9 Å². The molecule has 1 aliphatic carbocycles. The number of amides is 1. The van der Waals surface area contributed by atoms with Gasteiger partial charge in [0.2, 0.25) is 21.8 Å². The van der Waals surface area contributed by atoms with Gasteiger partial charge in [-0.1, -0.05) is 30.3 Å². The first-order valence-electron chi connectivity index (χ1n) is 16.9. The summed E-state index contributed by atoms with van der Waals surface area (Å²) in [5.41, 5.74) is 10.8. The van der Waals surface area contributed by atoms with Crippen molar-refractivity contribution in [1.82, 2.24) is 24.9 Å². The fourth-order valence-electron chi connectivity index (χ4n) is 6.73. The van der Waals surface area contributed by atoms with Crippen molar-refractivity contribution in [1.29, 1.82) is 0 Å². The molecule has 2 fully saturated rings. The average Bonchev–Trinajstić information content (AvgIpc) is 3.68. The van der Waals surface area contributed by atoms with E-state index in [1.807, 2.05) is 37.3 Å². The summed E-state index contributed by atoms with van der Waals surface area (Å²) in [7, 11) is -3.65. The van der Waals surface area contributed by atoms with E-state index >= 15 is 0 Å². The van der Waals surface area contributed by atoms with E-state index in [9.17, 15) is 18.0 Å². The SMILES string of the molecule is Cc1ccc(S(=O)(=O)N2CCOCC2)cc1-c1ccc(C[C@H](CC(=O)C2CCC(CN)CC2)C(=O)Nc2ccc(-c3nn[nH]n3)cc2)cc1. The highest BCUT2D eigenvalue weighted by molar-refractivity contribution is 7.89. The summed E-state index contributed by atoms with van der Waals surface area (Å²) in [4.78, 5) is 27.5. The normalized spacial score (nSPS) is 19.3. The molecule has 1 atom stereocenters. The molecule has 3 aromatic carbocycles. The van der Waals surface area contributed by atoms with Crippen LogP contribution in [0, 0.1) is 24.7 Å². The lowest BCUT2D eigenvalue weighted by Crippen LogP contribution is -2.40. The van der Waals surface area contributed by atoms with Crippen molar-refractivity contribution in [2.75, 3.05) is 38.2 Å². The van der Waals surface area contributed by atoms with Crippen LogP contribution in [0.5, 0.6) is 0 Å². The van der Waals surface area contributed by atoms with Crippen LogP contribution in [0.1, 0.15) is 43.2 Å². The van der Waals surface area contributed by atoms with E-state index in [1.165, 1.54) is 4.31 Å². The van der Waals surface area contributed by atoms with Gasteiger partial charge in [0.05, 0.1) is 18.1 Å². The maximum atomic E-state index is 13.8. The van der Waals surface area contributed by atoms with Crippen molar-refractivity contribution >= 4 is 27.4 Å². The smallest absolute Gasteiger partial charge is 0.243 e. The molecule has 13 heteroatoms. The fourth-order valence-corrected chi connectivity index (χ4v) is 8.17. The predicted molar refractivity (Wildman–Crippen MR) is 186 cm³/mol. The number of anilines is 1. The van der Waals surface area contributed by atoms with E-state index in [0.29, 0.717) is 56.7 Å². The third-order valence-electron chi connectivity index (χ3n) is 9.77. The highest BCUT2D eigenvalue weighted by atomic mass is 32.2. The zero-order chi connectivity index (χ0) is 34.4. The Morgan fingerprint density at radius 3 is 2.33 bits per heavy atom. The molecule has 2 aliphatic rings. The Hall–Kier alpha value is -4.30. The topological polar surface area (TPSA) is 173 Å². The van der Waals surface area contributed by atoms with Crippen molar-refractivity contribution in [2.45, 2.75) is 50.3 Å². The molecule has 4 N–H and O–H groups in total. The van der Waals surface area contributed by atoms with Crippen molar-refractivity contribution in [3.05, 3.63) is 77.9 Å². The average molecular weight is 686 g/mol. The molecule has 0 radical (unpaired) electrons. The largest absolute Gasteiger partial charge is 0.379 e. The number of ether oxygens (including phenoxy) is 1. The van der Waals surface area contributed by atoms with Gasteiger partial charge in [-0.3, -0.25) is 9.59 Å². The summed E-state index contributed by atoms with van der Waals surface area (Å²) < 4.78 is 33.5. The summed E-state index contributed by atoms with van der Waals surface area (Å²) in [5, 5.41) is 17.0. The number of ketones is 1. The first-order valence-corrected chi connectivity index (χ1v) is 18.3. The van der Waals surface area contributed by atoms with Gasteiger partial charge in [-0.05, 0) is 115 Å². The van der Waals surface area contributed by atoms with Crippen molar-refractivity contribution in [2.24, 2.45) is 23.5 Å². The highest BCUT2D eigenvalue weighted by Crippen LogP contribution is 2.32. The van der Waals surface area contributed by atoms with Gasteiger partial charge in [0.1, 0.15) is 5.78 Å². The van der Waals surface area contributed by atoms with Gasteiger partial charge in [0.15, 0.2) is 0 Å². The van der Waals surface area contributed by atoms with E-state index in [0.717, 1.165) is 53.5 Å². The molecule has 0 spiro atoms. The van der Waals surface area contributed by atoms with Crippen LogP contribution in [-0.4, -0.2) is 77.9 Å². The fraction of sp³-hybridized carbons (Fsp3) is 0.417. The lowest BCUT2D eigenvalue weighted by atomic mass is 9.77. The monoisotopic (exact) mass is 685 g/mol. The number of tetrazole rings is 1. The number of benzene rings is 3. The van der Waals surface area contributed by atoms with Gasteiger partial charge in [0, 0.05) is 42.6 Å². The Balaban J connectivity index is 1.19. The molecule has 49 heavy (non-hydrogen) atoms. The Bertz CT molecular complexity index is 1830. The minimum absolute atomic E-state index is 0.0567. The molecule has 1 aliphatic heterocycles. The van der Waals surface area contributed by atoms with Gasteiger partial charge >= 0.3 is 0 Å². The van der Waals surface area contributed by atoms with Crippen LogP contribution in [0.4, 0.5) is 5.69 Å². The lowest BCUT2D eigenvalue weighted by molar-refractivity contribution is -0.129. The lowest BCUT2D eigenvalue weighted by Gasteiger charge is -2.27. The maximum absolute atomic E-state index is 13.8. The minimum Gasteiger partial charge on any atom is -0.379 e. The van der Waals surface area contributed by atoms with Gasteiger partial charge in [-0.25, -0.2) is 8.42 Å². The second kappa shape index (κ2) is 15.5. The van der Waals surface area contributed by atoms with Crippen molar-refractivity contribution < 1.29 is 22.7 Å². The number of Topliss-reactive ketones (excluding diaryl/α,β-unsaturated/α-hetero) is 1. The van der Waals surface area contributed by atoms with E-state index in [4.69, 9.17) is 10.5 Å². The molecule has 1 aromatic heterocycles. The number of hydrogen-bond acceptors (Lipinski definition) is 9. The number of rotatable bonds is 12. The zero-order valence-corrected chi connectivity index (χ0v) is 28.5. The van der Waals surface area contributed by atoms with Gasteiger partial charge < -0.3 is 15.8 Å². The predicted octanol–water partition coefficient (Wildman–Crippen LogP) is 4.38. The number of nitrogens with one attached hydrogen (secondary N) is 2. The molecule has 258 valence electrons. The maximum Gasteiger partial charge on any atom is 0.243 e. The number of H-pyrrole nitrogens is 1. The van der Waals surface area contributed by atoms with Gasteiger partial charge in [-0.2, -0.15) is 9.52 Å². The van der Waals surface area contributed by atoms with E-state index < -0.39 is 15.9 Å². The number of sulfonamides is 1. The van der Waals surface area contributed by atoms with Crippen LogP contribution >= 0.6 is 0 Å². The van der Waals surface area contributed by atoms with Crippen LogP contribution in [0.25, 0.3) is 22.5 Å². The van der Waals surface area contributed by atoms with E-state index in [2.05, 4.69) is 25.9 Å². The summed E-state index contributed by atoms with van der Waals surface area (Å²) in [6.45, 7) is 4.02. The molecule has 2 heterocycles. The zero-order valence-electron chi connectivity index (χ0n) is 27.7. The first-order chi connectivity index (χ1) is 23.7. The summed E-state index contributed by atoms with van der Waals surface area (Å²) >= 11 is 0. The Kier molecular flexibility index (Phi) is 10.9. The third-order valence-corrected chi connectivity index (χ3v) is 11.7. The summed E-state index contributed by atoms with van der Waals surface area (Å²) in [6, 6.07) is 20.2. The molecule has 0 bridgehead atoms. The second-order valence-corrected chi connectivity index (χ2v) is 15.0. The number of aryl methyl sites for hydroxylation is 1. The van der Waals surface area contributed by atoms with Crippen LogP contribution in [-0.2, 0) is 30.8 Å². The highest BCUT2D eigenvalue weighted by Gasteiger charge is 2.30. The molecule has 1 amide bonds. The molecule has 4 aromatic rings. The number of nitrogens with zero attached hydrogens (tertiary/aromatic N) is 4. The molecule has 1 saturated carbocycles. The number of hydrogen-bond donors (Lipinski definition) is 3. The number of aromatic amines is 1. The molecule has 12 nitrogen and oxygen atoms in total. The van der Waals surface area contributed by atoms with Crippen LogP contribution in [0.3, 0.4) is 0 Å². The summed E-state index contributed by atoms with van der Waals surface area (Å²) in [5.74, 6) is 0.173.